The van der Waals surface area contributed by atoms with Crippen molar-refractivity contribution in [1.29, 1.82) is 0 Å². The number of imide groups is 1. The van der Waals surface area contributed by atoms with Crippen molar-refractivity contribution in [2.24, 2.45) is 0 Å². The van der Waals surface area contributed by atoms with E-state index in [-0.39, 0.29) is 23.7 Å². The molecular weight excluding hydrogens is 261 g/mol. The summed E-state index contributed by atoms with van der Waals surface area (Å²) in [4.78, 5) is 26.2. The Balaban J connectivity index is 1.61. The Morgan fingerprint density at radius 2 is 1.80 bits per heavy atom. The van der Waals surface area contributed by atoms with Gasteiger partial charge in [0.1, 0.15) is 5.82 Å². The number of halogens is 1. The molecule has 0 saturated carbocycles. The predicted molar refractivity (Wildman–Crippen MR) is 70.9 cm³/mol. The van der Waals surface area contributed by atoms with E-state index in [0.717, 1.165) is 36.8 Å². The van der Waals surface area contributed by atoms with Gasteiger partial charge < -0.3 is 9.80 Å². The third kappa shape index (κ3) is 2.51. The fourth-order valence-corrected chi connectivity index (χ4v) is 2.94. The number of nitrogens with one attached hydrogen (secondary N) is 2. The van der Waals surface area contributed by atoms with Crippen LogP contribution in [-0.2, 0) is 9.59 Å². The van der Waals surface area contributed by atoms with Crippen LogP contribution < -0.4 is 15.1 Å². The number of hydrogen-bond acceptors (Lipinski definition) is 3. The van der Waals surface area contributed by atoms with Gasteiger partial charge in [-0.15, -0.1) is 0 Å². The second-order valence-electron chi connectivity index (χ2n) is 5.29. The summed E-state index contributed by atoms with van der Waals surface area (Å²) in [5.74, 6) is -0.562. The average molecular weight is 278 g/mol. The third-order valence-corrected chi connectivity index (χ3v) is 4.06. The lowest BCUT2D eigenvalue weighted by molar-refractivity contribution is -0.915. The lowest BCUT2D eigenvalue weighted by Gasteiger charge is -2.35. The molecule has 2 amide bonds. The molecule has 2 aliphatic heterocycles. The molecule has 0 aromatic heterocycles. The minimum atomic E-state index is -0.238. The molecular formula is C14H17FN3O2+. The van der Waals surface area contributed by atoms with Gasteiger partial charge in [0.15, 0.2) is 6.04 Å². The number of nitrogens with zero attached hydrogens (tertiary/aromatic N) is 1. The zero-order valence-electron chi connectivity index (χ0n) is 11.1. The number of carbonyl (C=O) groups is 2. The van der Waals surface area contributed by atoms with Crippen LogP contribution in [0, 0.1) is 5.82 Å². The maximum absolute atomic E-state index is 12.9. The van der Waals surface area contributed by atoms with Crippen LogP contribution in [0.2, 0.25) is 0 Å². The van der Waals surface area contributed by atoms with E-state index in [2.05, 4.69) is 10.2 Å². The maximum Gasteiger partial charge on any atom is 0.285 e. The van der Waals surface area contributed by atoms with Gasteiger partial charge in [-0.25, -0.2) is 4.39 Å². The van der Waals surface area contributed by atoms with Crippen LogP contribution in [0.3, 0.4) is 0 Å². The van der Waals surface area contributed by atoms with Crippen LogP contribution in [-0.4, -0.2) is 44.0 Å². The fraction of sp³-hybridized carbons (Fsp3) is 0.429. The van der Waals surface area contributed by atoms with E-state index in [1.54, 1.807) is 12.1 Å². The first-order valence-corrected chi connectivity index (χ1v) is 6.82. The second kappa shape index (κ2) is 5.20. The number of quaternary nitrogens is 1. The fourth-order valence-electron chi connectivity index (χ4n) is 2.94. The first-order chi connectivity index (χ1) is 9.63. The van der Waals surface area contributed by atoms with Crippen LogP contribution in [0.1, 0.15) is 6.42 Å². The van der Waals surface area contributed by atoms with Crippen LogP contribution in [0.4, 0.5) is 10.1 Å². The monoisotopic (exact) mass is 278 g/mol. The highest BCUT2D eigenvalue weighted by Crippen LogP contribution is 2.14. The highest BCUT2D eigenvalue weighted by atomic mass is 19.1. The van der Waals surface area contributed by atoms with Gasteiger partial charge >= 0.3 is 0 Å². The summed E-state index contributed by atoms with van der Waals surface area (Å²) in [5.41, 5.74) is 0.998. The van der Waals surface area contributed by atoms with Crippen LogP contribution in [0.25, 0.3) is 0 Å². The SMILES string of the molecule is O=C1C[C@H]([NH+]2CCN(c3ccc(F)cc3)CC2)C(=O)N1. The molecule has 1 aromatic carbocycles. The van der Waals surface area contributed by atoms with Gasteiger partial charge in [-0.05, 0) is 24.3 Å². The first kappa shape index (κ1) is 13.1. The standard InChI is InChI=1S/C14H16FN3O2/c15-10-1-3-11(4-2-10)17-5-7-18(8-6-17)12-9-13(19)16-14(12)20/h1-4,12H,5-9H2,(H,16,19,20)/p+1/t12-/m0/s1. The third-order valence-electron chi connectivity index (χ3n) is 4.06. The molecule has 6 heteroatoms. The molecule has 0 radical (unpaired) electrons. The van der Waals surface area contributed by atoms with Gasteiger partial charge in [-0.3, -0.25) is 14.9 Å². The Hall–Kier alpha value is -1.95. The largest absolute Gasteiger partial charge is 0.360 e. The molecule has 3 rings (SSSR count). The lowest BCUT2D eigenvalue weighted by atomic mass is 10.1. The molecule has 1 aromatic rings. The van der Waals surface area contributed by atoms with Gasteiger partial charge in [0, 0.05) is 5.69 Å². The number of anilines is 1. The van der Waals surface area contributed by atoms with E-state index in [1.165, 1.54) is 12.1 Å². The van der Waals surface area contributed by atoms with Crippen molar-refractivity contribution >= 4 is 17.5 Å². The van der Waals surface area contributed by atoms with E-state index >= 15 is 0 Å². The Labute approximate surface area is 116 Å². The molecule has 1 atom stereocenters. The average Bonchev–Trinajstić information content (AvgIpc) is 2.79. The summed E-state index contributed by atoms with van der Waals surface area (Å²) in [6, 6.07) is 6.21. The highest BCUT2D eigenvalue weighted by Gasteiger charge is 2.40. The van der Waals surface area contributed by atoms with Gasteiger partial charge in [-0.2, -0.15) is 0 Å². The molecule has 2 heterocycles. The van der Waals surface area contributed by atoms with Crippen molar-refractivity contribution in [3.05, 3.63) is 30.1 Å². The van der Waals surface area contributed by atoms with Crippen molar-refractivity contribution < 1.29 is 18.9 Å². The predicted octanol–water partition coefficient (Wildman–Crippen LogP) is -1.05. The van der Waals surface area contributed by atoms with Crippen molar-refractivity contribution in [3.8, 4) is 0 Å². The number of carbonyl (C=O) groups excluding carboxylic acids is 2. The number of rotatable bonds is 2. The number of hydrogen-bond donors (Lipinski definition) is 2. The number of piperazine rings is 1. The van der Waals surface area contributed by atoms with Gasteiger partial charge in [-0.1, -0.05) is 0 Å². The maximum atomic E-state index is 12.9. The zero-order chi connectivity index (χ0) is 14.1. The Kier molecular flexibility index (Phi) is 3.40. The highest BCUT2D eigenvalue weighted by molar-refractivity contribution is 6.04. The van der Waals surface area contributed by atoms with Gasteiger partial charge in [0.2, 0.25) is 5.91 Å². The Morgan fingerprint density at radius 1 is 1.15 bits per heavy atom. The summed E-state index contributed by atoms with van der Waals surface area (Å²) < 4.78 is 12.9. The molecule has 0 unspecified atom stereocenters. The number of amides is 2. The van der Waals surface area contributed by atoms with E-state index in [1.807, 2.05) is 0 Å². The van der Waals surface area contributed by atoms with Crippen molar-refractivity contribution in [1.82, 2.24) is 5.32 Å². The lowest BCUT2D eigenvalue weighted by Crippen LogP contribution is -3.19. The van der Waals surface area contributed by atoms with E-state index in [0.29, 0.717) is 6.42 Å². The molecule has 2 saturated heterocycles. The van der Waals surface area contributed by atoms with Crippen LogP contribution in [0.5, 0.6) is 0 Å². The minimum Gasteiger partial charge on any atom is -0.360 e. The smallest absolute Gasteiger partial charge is 0.285 e. The summed E-state index contributed by atoms with van der Waals surface area (Å²) in [6.45, 7) is 3.23. The molecule has 0 bridgehead atoms. The molecule has 0 spiro atoms. The first-order valence-electron chi connectivity index (χ1n) is 6.82. The number of benzene rings is 1. The van der Waals surface area contributed by atoms with Crippen molar-refractivity contribution in [2.75, 3.05) is 31.1 Å². The molecule has 5 nitrogen and oxygen atoms in total. The second-order valence-corrected chi connectivity index (χ2v) is 5.29. The summed E-state index contributed by atoms with van der Waals surface area (Å²) in [7, 11) is 0. The molecule has 20 heavy (non-hydrogen) atoms. The van der Waals surface area contributed by atoms with Crippen LogP contribution >= 0.6 is 0 Å². The Morgan fingerprint density at radius 3 is 2.35 bits per heavy atom. The zero-order valence-corrected chi connectivity index (χ0v) is 11.1. The Bertz CT molecular complexity index is 524. The van der Waals surface area contributed by atoms with Crippen molar-refractivity contribution in [2.45, 2.75) is 12.5 Å². The summed E-state index contributed by atoms with van der Waals surface area (Å²) >= 11 is 0. The quantitative estimate of drug-likeness (QED) is 0.679. The van der Waals surface area contributed by atoms with E-state index in [9.17, 15) is 14.0 Å². The van der Waals surface area contributed by atoms with E-state index in [4.69, 9.17) is 0 Å². The molecule has 0 aliphatic carbocycles. The van der Waals surface area contributed by atoms with Crippen molar-refractivity contribution in [3.63, 3.8) is 0 Å². The van der Waals surface area contributed by atoms with Gasteiger partial charge in [0.05, 0.1) is 32.6 Å². The molecule has 106 valence electrons. The summed E-state index contributed by atoms with van der Waals surface area (Å²) in [5, 5.41) is 2.36. The normalized spacial score (nSPS) is 24.1. The van der Waals surface area contributed by atoms with Crippen LogP contribution in [0.15, 0.2) is 24.3 Å². The van der Waals surface area contributed by atoms with Gasteiger partial charge in [0.25, 0.3) is 5.91 Å². The molecule has 2 N–H and O–H groups in total. The molecule has 2 fully saturated rings. The topological polar surface area (TPSA) is 53.9 Å². The molecule has 2 aliphatic rings. The van der Waals surface area contributed by atoms with E-state index < -0.39 is 0 Å². The summed E-state index contributed by atoms with van der Waals surface area (Å²) in [6.07, 6.45) is 0.296. The minimum absolute atomic E-state index is 0.153.